The molecule has 0 aliphatic heterocycles. The molecule has 3 rings (SSSR count). The third-order valence-corrected chi connectivity index (χ3v) is 6.65. The summed E-state index contributed by atoms with van der Waals surface area (Å²) in [5, 5.41) is 2.83. The van der Waals surface area contributed by atoms with E-state index in [0.29, 0.717) is 17.3 Å². The number of nitrogens with zero attached hydrogens (tertiary/aromatic N) is 1. The number of hydrogen-bond acceptors (Lipinski definition) is 5. The Labute approximate surface area is 213 Å². The van der Waals surface area contributed by atoms with E-state index in [4.69, 9.17) is 8.92 Å². The highest BCUT2D eigenvalue weighted by Gasteiger charge is 2.32. The van der Waals surface area contributed by atoms with E-state index in [1.807, 2.05) is 32.9 Å². The minimum absolute atomic E-state index is 0.0551. The molecule has 0 aliphatic carbocycles. The number of ether oxygens (including phenoxy) is 1. The van der Waals surface area contributed by atoms with Crippen molar-refractivity contribution in [3.05, 3.63) is 83.4 Å². The maximum atomic E-state index is 13.1. The van der Waals surface area contributed by atoms with Gasteiger partial charge in [0.15, 0.2) is 11.5 Å². The molecule has 0 unspecified atom stereocenters. The van der Waals surface area contributed by atoms with Gasteiger partial charge in [0.2, 0.25) is 0 Å². The van der Waals surface area contributed by atoms with Gasteiger partial charge in [0, 0.05) is 18.3 Å². The minimum atomic E-state index is -4.72. The van der Waals surface area contributed by atoms with E-state index in [-0.39, 0.29) is 30.1 Å². The van der Waals surface area contributed by atoms with E-state index in [2.05, 4.69) is 5.32 Å². The number of carbonyl (C=O) groups is 1. The van der Waals surface area contributed by atoms with Gasteiger partial charge in [-0.15, -0.1) is 0 Å². The molecule has 0 fully saturated rings. The van der Waals surface area contributed by atoms with Crippen LogP contribution in [-0.4, -0.2) is 32.5 Å². The molecule has 0 saturated heterocycles. The second-order valence-electron chi connectivity index (χ2n) is 8.57. The predicted molar refractivity (Wildman–Crippen MR) is 133 cm³/mol. The van der Waals surface area contributed by atoms with Crippen molar-refractivity contribution in [3.63, 3.8) is 0 Å². The Morgan fingerprint density at radius 1 is 1.00 bits per heavy atom. The van der Waals surface area contributed by atoms with Crippen LogP contribution in [0.15, 0.2) is 71.6 Å². The zero-order valence-electron chi connectivity index (χ0n) is 20.7. The number of halogens is 3. The standard InChI is InChI=1S/C26H27F3N2O5S/c1-17(2)31(25(32)30-21-11-8-18(3)9-12-21)16-19-10-13-23(35-4)24(14-19)36-37(33,34)22-7-5-6-20(15-22)26(27,28)29/h5-15,17H,16H2,1-4H3,(H,30,32). The first-order valence-corrected chi connectivity index (χ1v) is 12.6. The van der Waals surface area contributed by atoms with E-state index in [1.165, 1.54) is 24.1 Å². The summed E-state index contributed by atoms with van der Waals surface area (Å²) in [4.78, 5) is 13.8. The van der Waals surface area contributed by atoms with Gasteiger partial charge in [0.25, 0.3) is 0 Å². The van der Waals surface area contributed by atoms with E-state index in [0.717, 1.165) is 23.8 Å². The Morgan fingerprint density at radius 2 is 1.68 bits per heavy atom. The van der Waals surface area contributed by atoms with Crippen LogP contribution in [0.4, 0.5) is 23.7 Å². The quantitative estimate of drug-likeness (QED) is 0.345. The molecule has 0 aliphatic rings. The number of hydrogen-bond donors (Lipinski definition) is 1. The fraction of sp³-hybridized carbons (Fsp3) is 0.269. The lowest BCUT2D eigenvalue weighted by atomic mass is 10.1. The molecule has 3 aromatic rings. The SMILES string of the molecule is COc1ccc(CN(C(=O)Nc2ccc(C)cc2)C(C)C)cc1OS(=O)(=O)c1cccc(C(F)(F)F)c1. The van der Waals surface area contributed by atoms with Crippen LogP contribution in [0, 0.1) is 6.92 Å². The van der Waals surface area contributed by atoms with E-state index < -0.39 is 26.8 Å². The highest BCUT2D eigenvalue weighted by molar-refractivity contribution is 7.87. The smallest absolute Gasteiger partial charge is 0.416 e. The van der Waals surface area contributed by atoms with Crippen molar-refractivity contribution in [1.82, 2.24) is 4.90 Å². The molecule has 0 atom stereocenters. The molecule has 11 heteroatoms. The van der Waals surface area contributed by atoms with Gasteiger partial charge in [-0.25, -0.2) is 4.79 Å². The van der Waals surface area contributed by atoms with Crippen LogP contribution in [0.3, 0.4) is 0 Å². The Kier molecular flexibility index (Phi) is 8.37. The Hall–Kier alpha value is -3.73. The third kappa shape index (κ3) is 7.16. The lowest BCUT2D eigenvalue weighted by Gasteiger charge is -2.27. The van der Waals surface area contributed by atoms with Crippen molar-refractivity contribution in [2.45, 2.75) is 44.4 Å². The summed E-state index contributed by atoms with van der Waals surface area (Å²) >= 11 is 0. The molecule has 1 N–H and O–H groups in total. The maximum absolute atomic E-state index is 13.1. The number of methoxy groups -OCH3 is 1. The zero-order chi connectivity index (χ0) is 27.4. The number of nitrogens with one attached hydrogen (secondary N) is 1. The predicted octanol–water partition coefficient (Wildman–Crippen LogP) is 6.23. The van der Waals surface area contributed by atoms with Gasteiger partial charge in [-0.1, -0.05) is 29.8 Å². The number of carbonyl (C=O) groups excluding carboxylic acids is 1. The molecule has 2 amide bonds. The van der Waals surface area contributed by atoms with Crippen molar-refractivity contribution < 1.29 is 35.3 Å². The molecular formula is C26H27F3N2O5S. The molecule has 0 radical (unpaired) electrons. The molecule has 198 valence electrons. The normalized spacial score (nSPS) is 11.8. The first-order valence-electron chi connectivity index (χ1n) is 11.2. The molecule has 0 heterocycles. The highest BCUT2D eigenvalue weighted by atomic mass is 32.2. The molecular weight excluding hydrogens is 509 g/mol. The average molecular weight is 537 g/mol. The number of amides is 2. The molecule has 0 saturated carbocycles. The van der Waals surface area contributed by atoms with Crippen molar-refractivity contribution >= 4 is 21.8 Å². The van der Waals surface area contributed by atoms with Crippen LogP contribution in [0.25, 0.3) is 0 Å². The Morgan fingerprint density at radius 3 is 2.27 bits per heavy atom. The van der Waals surface area contributed by atoms with Crippen molar-refractivity contribution in [2.24, 2.45) is 0 Å². The summed E-state index contributed by atoms with van der Waals surface area (Å²) in [6.45, 7) is 5.68. The zero-order valence-corrected chi connectivity index (χ0v) is 21.5. The third-order valence-electron chi connectivity index (χ3n) is 5.42. The highest BCUT2D eigenvalue weighted by Crippen LogP contribution is 2.34. The molecule has 0 spiro atoms. The second kappa shape index (κ2) is 11.1. The monoisotopic (exact) mass is 536 g/mol. The summed E-state index contributed by atoms with van der Waals surface area (Å²) in [6, 6.07) is 14.5. The van der Waals surface area contributed by atoms with Gasteiger partial charge in [0.05, 0.1) is 12.7 Å². The van der Waals surface area contributed by atoms with Crippen LogP contribution in [0.2, 0.25) is 0 Å². The van der Waals surface area contributed by atoms with Gasteiger partial charge in [0.1, 0.15) is 4.90 Å². The topological polar surface area (TPSA) is 84.9 Å². The summed E-state index contributed by atoms with van der Waals surface area (Å²) in [5.74, 6) is -0.167. The number of alkyl halides is 3. The van der Waals surface area contributed by atoms with E-state index >= 15 is 0 Å². The lowest BCUT2D eigenvalue weighted by molar-refractivity contribution is -0.137. The van der Waals surface area contributed by atoms with Crippen molar-refractivity contribution in [2.75, 3.05) is 12.4 Å². The Balaban J connectivity index is 1.86. The fourth-order valence-electron chi connectivity index (χ4n) is 3.40. The van der Waals surface area contributed by atoms with Gasteiger partial charge in [-0.3, -0.25) is 0 Å². The van der Waals surface area contributed by atoms with Crippen molar-refractivity contribution in [3.8, 4) is 11.5 Å². The number of urea groups is 1. The number of aryl methyl sites for hydroxylation is 1. The largest absolute Gasteiger partial charge is 0.493 e. The van der Waals surface area contributed by atoms with E-state index in [1.54, 1.807) is 18.2 Å². The molecule has 0 aromatic heterocycles. The molecule has 3 aromatic carbocycles. The van der Waals surface area contributed by atoms with Gasteiger partial charge in [-0.05, 0) is 68.8 Å². The number of rotatable bonds is 8. The van der Waals surface area contributed by atoms with Crippen LogP contribution in [0.1, 0.15) is 30.5 Å². The minimum Gasteiger partial charge on any atom is -0.493 e. The summed E-state index contributed by atoms with van der Waals surface area (Å²) in [6.07, 6.45) is -4.72. The average Bonchev–Trinajstić information content (AvgIpc) is 2.83. The summed E-state index contributed by atoms with van der Waals surface area (Å²) < 4.78 is 75.2. The summed E-state index contributed by atoms with van der Waals surface area (Å²) in [7, 11) is -3.32. The van der Waals surface area contributed by atoms with Gasteiger partial charge >= 0.3 is 22.3 Å². The number of anilines is 1. The summed E-state index contributed by atoms with van der Waals surface area (Å²) in [5.41, 5.74) is 1.06. The van der Waals surface area contributed by atoms with Crippen LogP contribution in [-0.2, 0) is 22.8 Å². The van der Waals surface area contributed by atoms with Crippen LogP contribution < -0.4 is 14.2 Å². The maximum Gasteiger partial charge on any atom is 0.416 e. The molecule has 7 nitrogen and oxygen atoms in total. The van der Waals surface area contributed by atoms with Gasteiger partial charge < -0.3 is 19.1 Å². The second-order valence-corrected chi connectivity index (χ2v) is 10.1. The fourth-order valence-corrected chi connectivity index (χ4v) is 4.38. The first-order chi connectivity index (χ1) is 17.3. The first kappa shape index (κ1) is 27.9. The lowest BCUT2D eigenvalue weighted by Crippen LogP contribution is -2.39. The number of benzene rings is 3. The van der Waals surface area contributed by atoms with Crippen LogP contribution in [0.5, 0.6) is 11.5 Å². The van der Waals surface area contributed by atoms with E-state index in [9.17, 15) is 26.4 Å². The van der Waals surface area contributed by atoms with Crippen LogP contribution >= 0.6 is 0 Å². The molecule has 37 heavy (non-hydrogen) atoms. The Bertz CT molecular complexity index is 1360. The molecule has 0 bridgehead atoms. The van der Waals surface area contributed by atoms with Gasteiger partial charge in [-0.2, -0.15) is 21.6 Å². The van der Waals surface area contributed by atoms with Crippen molar-refractivity contribution in [1.29, 1.82) is 0 Å².